The third-order valence-electron chi connectivity index (χ3n) is 5.69. The van der Waals surface area contributed by atoms with Crippen molar-refractivity contribution in [2.24, 2.45) is 11.3 Å². The molecule has 2 amide bonds. The van der Waals surface area contributed by atoms with Gasteiger partial charge in [-0.1, -0.05) is 50.1 Å². The van der Waals surface area contributed by atoms with Gasteiger partial charge in [-0.25, -0.2) is 0 Å². The lowest BCUT2D eigenvalue weighted by molar-refractivity contribution is -0.136. The van der Waals surface area contributed by atoms with E-state index < -0.39 is 11.5 Å². The van der Waals surface area contributed by atoms with Crippen LogP contribution in [0.4, 0.5) is 0 Å². The molecule has 0 saturated heterocycles. The Labute approximate surface area is 162 Å². The topological polar surface area (TPSA) is 58.2 Å². The summed E-state index contributed by atoms with van der Waals surface area (Å²) >= 11 is 4.51. The van der Waals surface area contributed by atoms with E-state index in [4.69, 9.17) is 0 Å². The number of carbonyl (C=O) groups excluding carboxylic acids is 2. The third kappa shape index (κ3) is 5.26. The van der Waals surface area contributed by atoms with Gasteiger partial charge in [-0.3, -0.25) is 9.59 Å². The standard InChI is InChI=1S/C21H32N2O2S/c1-3-7-16-10-12-21(15-26,13-11-16)20(25)23-18(19(24)22-2)14-17-8-5-4-6-9-17/h4-6,8-9,16,18,26H,3,7,10-15H2,1-2H3,(H,22,24)(H,23,25)/t16?,18-,21?/m0/s1. The Morgan fingerprint density at radius 3 is 2.42 bits per heavy atom. The van der Waals surface area contributed by atoms with E-state index in [0.717, 1.165) is 37.2 Å². The Morgan fingerprint density at radius 1 is 1.23 bits per heavy atom. The highest BCUT2D eigenvalue weighted by Gasteiger charge is 2.41. The Balaban J connectivity index is 2.06. The first-order valence-electron chi connectivity index (χ1n) is 9.72. The van der Waals surface area contributed by atoms with Crippen LogP contribution in [0.1, 0.15) is 51.0 Å². The molecule has 0 radical (unpaired) electrons. The SMILES string of the molecule is CCCC1CCC(CS)(C(=O)N[C@@H](Cc2ccccc2)C(=O)NC)CC1. The molecule has 5 heteroatoms. The first kappa shape index (κ1) is 20.8. The van der Waals surface area contributed by atoms with Gasteiger partial charge < -0.3 is 10.6 Å². The van der Waals surface area contributed by atoms with Crippen LogP contribution in [0.2, 0.25) is 0 Å². The predicted molar refractivity (Wildman–Crippen MR) is 109 cm³/mol. The molecule has 2 rings (SSSR count). The molecule has 2 N–H and O–H groups in total. The van der Waals surface area contributed by atoms with E-state index in [1.165, 1.54) is 12.8 Å². The van der Waals surface area contributed by atoms with Gasteiger partial charge in [0.1, 0.15) is 6.04 Å². The van der Waals surface area contributed by atoms with Crippen LogP contribution in [0.5, 0.6) is 0 Å². The van der Waals surface area contributed by atoms with Crippen molar-refractivity contribution in [1.82, 2.24) is 10.6 Å². The van der Waals surface area contributed by atoms with Crippen LogP contribution in [0, 0.1) is 11.3 Å². The molecule has 0 spiro atoms. The fraction of sp³-hybridized carbons (Fsp3) is 0.619. The van der Waals surface area contributed by atoms with Gasteiger partial charge in [0, 0.05) is 19.2 Å². The van der Waals surface area contributed by atoms with Crippen LogP contribution in [-0.2, 0) is 16.0 Å². The van der Waals surface area contributed by atoms with Crippen LogP contribution in [0.15, 0.2) is 30.3 Å². The van der Waals surface area contributed by atoms with E-state index in [9.17, 15) is 9.59 Å². The molecule has 0 aromatic heterocycles. The number of rotatable bonds is 8. The van der Waals surface area contributed by atoms with Crippen molar-refractivity contribution in [2.75, 3.05) is 12.8 Å². The lowest BCUT2D eigenvalue weighted by atomic mass is 9.70. The fourth-order valence-corrected chi connectivity index (χ4v) is 4.39. The summed E-state index contributed by atoms with van der Waals surface area (Å²) in [7, 11) is 1.61. The number of likely N-dealkylation sites (N-methyl/N-ethyl adjacent to an activating group) is 1. The van der Waals surface area contributed by atoms with Crippen molar-refractivity contribution in [3.63, 3.8) is 0 Å². The van der Waals surface area contributed by atoms with Crippen molar-refractivity contribution in [1.29, 1.82) is 0 Å². The van der Waals surface area contributed by atoms with E-state index in [-0.39, 0.29) is 11.8 Å². The zero-order valence-electron chi connectivity index (χ0n) is 16.0. The van der Waals surface area contributed by atoms with E-state index in [1.807, 2.05) is 30.3 Å². The van der Waals surface area contributed by atoms with Gasteiger partial charge in [0.15, 0.2) is 0 Å². The molecule has 26 heavy (non-hydrogen) atoms. The van der Waals surface area contributed by atoms with Gasteiger partial charge in [0.05, 0.1) is 5.41 Å². The second-order valence-corrected chi connectivity index (χ2v) is 7.82. The lowest BCUT2D eigenvalue weighted by Gasteiger charge is -2.38. The van der Waals surface area contributed by atoms with E-state index >= 15 is 0 Å². The van der Waals surface area contributed by atoms with Crippen molar-refractivity contribution in [2.45, 2.75) is 57.9 Å². The van der Waals surface area contributed by atoms with Crippen LogP contribution >= 0.6 is 12.6 Å². The molecule has 0 heterocycles. The van der Waals surface area contributed by atoms with E-state index in [0.29, 0.717) is 12.2 Å². The quantitative estimate of drug-likeness (QED) is 0.609. The molecule has 1 aromatic rings. The monoisotopic (exact) mass is 376 g/mol. The maximum Gasteiger partial charge on any atom is 0.242 e. The Bertz CT molecular complexity index is 583. The zero-order chi connectivity index (χ0) is 19.0. The minimum Gasteiger partial charge on any atom is -0.357 e. The summed E-state index contributed by atoms with van der Waals surface area (Å²) in [5, 5.41) is 5.70. The van der Waals surface area contributed by atoms with Crippen molar-refractivity contribution >= 4 is 24.4 Å². The Kier molecular flexibility index (Phi) is 8.01. The number of hydrogen-bond donors (Lipinski definition) is 3. The smallest absolute Gasteiger partial charge is 0.242 e. The number of nitrogens with one attached hydrogen (secondary N) is 2. The first-order chi connectivity index (χ1) is 12.5. The molecule has 1 aromatic carbocycles. The molecular formula is C21H32N2O2S. The second-order valence-electron chi connectivity index (χ2n) is 7.50. The minimum absolute atomic E-state index is 0.0213. The van der Waals surface area contributed by atoms with Crippen molar-refractivity contribution < 1.29 is 9.59 Å². The number of thiol groups is 1. The molecule has 144 valence electrons. The summed E-state index contributed by atoms with van der Waals surface area (Å²) in [6, 6.07) is 9.24. The first-order valence-corrected chi connectivity index (χ1v) is 10.3. The van der Waals surface area contributed by atoms with E-state index in [2.05, 4.69) is 30.2 Å². The average molecular weight is 377 g/mol. The van der Waals surface area contributed by atoms with Gasteiger partial charge in [-0.2, -0.15) is 12.6 Å². The van der Waals surface area contributed by atoms with Gasteiger partial charge in [-0.15, -0.1) is 0 Å². The fourth-order valence-electron chi connectivity index (χ4n) is 3.93. The Morgan fingerprint density at radius 2 is 1.88 bits per heavy atom. The van der Waals surface area contributed by atoms with E-state index in [1.54, 1.807) is 7.05 Å². The molecule has 1 fully saturated rings. The maximum absolute atomic E-state index is 13.1. The molecule has 4 nitrogen and oxygen atoms in total. The number of hydrogen-bond acceptors (Lipinski definition) is 3. The molecule has 1 aliphatic rings. The highest BCUT2D eigenvalue weighted by atomic mass is 32.1. The summed E-state index contributed by atoms with van der Waals surface area (Å²) in [6.45, 7) is 2.21. The third-order valence-corrected chi connectivity index (χ3v) is 6.30. The predicted octanol–water partition coefficient (Wildman–Crippen LogP) is 3.37. The highest BCUT2D eigenvalue weighted by Crippen LogP contribution is 2.41. The highest BCUT2D eigenvalue weighted by molar-refractivity contribution is 7.80. The summed E-state index contributed by atoms with van der Waals surface area (Å²) in [5.74, 6) is 1.08. The lowest BCUT2D eigenvalue weighted by Crippen LogP contribution is -2.53. The molecule has 1 saturated carbocycles. The van der Waals surface area contributed by atoms with Crippen molar-refractivity contribution in [3.8, 4) is 0 Å². The maximum atomic E-state index is 13.1. The summed E-state index contributed by atoms with van der Waals surface area (Å²) in [6.07, 6.45) is 6.79. The van der Waals surface area contributed by atoms with Crippen LogP contribution in [0.3, 0.4) is 0 Å². The van der Waals surface area contributed by atoms with Crippen molar-refractivity contribution in [3.05, 3.63) is 35.9 Å². The largest absolute Gasteiger partial charge is 0.357 e. The summed E-state index contributed by atoms with van der Waals surface area (Å²) < 4.78 is 0. The molecule has 1 aliphatic carbocycles. The van der Waals surface area contributed by atoms with Crippen LogP contribution < -0.4 is 10.6 Å². The van der Waals surface area contributed by atoms with Crippen LogP contribution in [0.25, 0.3) is 0 Å². The zero-order valence-corrected chi connectivity index (χ0v) is 16.9. The number of amides is 2. The summed E-state index contributed by atoms with van der Waals surface area (Å²) in [5.41, 5.74) is 0.587. The molecule has 0 aliphatic heterocycles. The molecule has 0 unspecified atom stereocenters. The van der Waals surface area contributed by atoms with Gasteiger partial charge in [0.2, 0.25) is 11.8 Å². The normalized spacial score (nSPS) is 23.9. The second kappa shape index (κ2) is 10.0. The molecule has 0 bridgehead atoms. The minimum atomic E-state index is -0.556. The molecular weight excluding hydrogens is 344 g/mol. The van der Waals surface area contributed by atoms with Gasteiger partial charge in [-0.05, 0) is 37.2 Å². The number of benzene rings is 1. The van der Waals surface area contributed by atoms with Gasteiger partial charge >= 0.3 is 0 Å². The molecule has 1 atom stereocenters. The summed E-state index contributed by atoms with van der Waals surface area (Å²) in [4.78, 5) is 25.4. The Hall–Kier alpha value is -1.49. The van der Waals surface area contributed by atoms with Crippen LogP contribution in [-0.4, -0.2) is 30.7 Å². The average Bonchev–Trinajstić information content (AvgIpc) is 2.68. The van der Waals surface area contributed by atoms with Gasteiger partial charge in [0.25, 0.3) is 0 Å². The number of carbonyl (C=O) groups is 2.